The van der Waals surface area contributed by atoms with Gasteiger partial charge in [0.25, 0.3) is 0 Å². The summed E-state index contributed by atoms with van der Waals surface area (Å²) >= 11 is 0. The Labute approximate surface area is 162 Å². The van der Waals surface area contributed by atoms with Gasteiger partial charge in [0.1, 0.15) is 6.54 Å². The smallest absolute Gasteiger partial charge is 0.243 e. The highest BCUT2D eigenvalue weighted by molar-refractivity contribution is 14.0. The van der Waals surface area contributed by atoms with Gasteiger partial charge in [-0.1, -0.05) is 0 Å². The van der Waals surface area contributed by atoms with Gasteiger partial charge in [-0.15, -0.1) is 24.0 Å². The van der Waals surface area contributed by atoms with Crippen LogP contribution in [0.25, 0.3) is 0 Å². The van der Waals surface area contributed by atoms with Gasteiger partial charge < -0.3 is 25.0 Å². The van der Waals surface area contributed by atoms with E-state index >= 15 is 0 Å². The molecule has 24 heavy (non-hydrogen) atoms. The summed E-state index contributed by atoms with van der Waals surface area (Å²) in [7, 11) is 3.46. The summed E-state index contributed by atoms with van der Waals surface area (Å²) < 4.78 is 11.1. The molecule has 0 bridgehead atoms. The number of carbonyl (C=O) groups excluding carboxylic acids is 1. The zero-order chi connectivity index (χ0) is 16.9. The standard InChI is InChI=1S/C16H32N4O3.HI/c1-4-17-16(19-12-15(21)20(2)3)18-8-5-9-23-13-14-6-10-22-11-7-14;/h14H,4-13H2,1-3H3,(H2,17,18,19);1H. The van der Waals surface area contributed by atoms with E-state index in [0.717, 1.165) is 58.8 Å². The van der Waals surface area contributed by atoms with Gasteiger partial charge in [-0.3, -0.25) is 4.79 Å². The average Bonchev–Trinajstić information content (AvgIpc) is 2.56. The summed E-state index contributed by atoms with van der Waals surface area (Å²) in [6.45, 7) is 6.99. The summed E-state index contributed by atoms with van der Waals surface area (Å²) in [6.07, 6.45) is 3.13. The Morgan fingerprint density at radius 2 is 2.00 bits per heavy atom. The molecule has 1 fully saturated rings. The number of amides is 1. The minimum atomic E-state index is -0.0120. The van der Waals surface area contributed by atoms with Crippen LogP contribution in [0.3, 0.4) is 0 Å². The van der Waals surface area contributed by atoms with Crippen molar-refractivity contribution in [2.45, 2.75) is 26.2 Å². The number of hydrogen-bond acceptors (Lipinski definition) is 4. The Bertz CT molecular complexity index is 361. The molecular formula is C16H33IN4O3. The van der Waals surface area contributed by atoms with Gasteiger partial charge in [0.2, 0.25) is 5.91 Å². The number of nitrogens with one attached hydrogen (secondary N) is 2. The molecule has 0 aliphatic carbocycles. The maximum absolute atomic E-state index is 11.6. The number of nitrogens with zero attached hydrogens (tertiary/aromatic N) is 2. The monoisotopic (exact) mass is 456 g/mol. The third-order valence-electron chi connectivity index (χ3n) is 3.67. The lowest BCUT2D eigenvalue weighted by Gasteiger charge is -2.21. The lowest BCUT2D eigenvalue weighted by atomic mass is 10.0. The van der Waals surface area contributed by atoms with Crippen molar-refractivity contribution in [3.8, 4) is 0 Å². The molecule has 7 nitrogen and oxygen atoms in total. The van der Waals surface area contributed by atoms with Gasteiger partial charge in [-0.2, -0.15) is 0 Å². The molecule has 0 unspecified atom stereocenters. The Morgan fingerprint density at radius 3 is 2.62 bits per heavy atom. The van der Waals surface area contributed by atoms with Crippen LogP contribution >= 0.6 is 24.0 Å². The summed E-state index contributed by atoms with van der Waals surface area (Å²) in [6, 6.07) is 0. The van der Waals surface area contributed by atoms with Crippen molar-refractivity contribution in [1.29, 1.82) is 0 Å². The topological polar surface area (TPSA) is 75.2 Å². The van der Waals surface area contributed by atoms with E-state index in [1.54, 1.807) is 14.1 Å². The molecule has 0 aromatic heterocycles. The van der Waals surface area contributed by atoms with Gasteiger partial charge in [0, 0.05) is 53.6 Å². The molecule has 0 spiro atoms. The molecular weight excluding hydrogens is 423 g/mol. The maximum Gasteiger partial charge on any atom is 0.243 e. The third-order valence-corrected chi connectivity index (χ3v) is 3.67. The first-order valence-electron chi connectivity index (χ1n) is 8.51. The van der Waals surface area contributed by atoms with Crippen LogP contribution < -0.4 is 10.6 Å². The molecule has 0 atom stereocenters. The Balaban J connectivity index is 0.00000529. The zero-order valence-corrected chi connectivity index (χ0v) is 17.5. The Morgan fingerprint density at radius 1 is 1.29 bits per heavy atom. The minimum Gasteiger partial charge on any atom is -0.381 e. The summed E-state index contributed by atoms with van der Waals surface area (Å²) in [4.78, 5) is 17.4. The first-order chi connectivity index (χ1) is 11.1. The molecule has 1 aliphatic rings. The van der Waals surface area contributed by atoms with Crippen molar-refractivity contribution < 1.29 is 14.3 Å². The van der Waals surface area contributed by atoms with Crippen LogP contribution in [0.5, 0.6) is 0 Å². The molecule has 142 valence electrons. The molecule has 0 radical (unpaired) electrons. The van der Waals surface area contributed by atoms with E-state index < -0.39 is 0 Å². The Kier molecular flexibility index (Phi) is 14.3. The fourth-order valence-electron chi connectivity index (χ4n) is 2.17. The fourth-order valence-corrected chi connectivity index (χ4v) is 2.17. The maximum atomic E-state index is 11.6. The van der Waals surface area contributed by atoms with E-state index in [-0.39, 0.29) is 36.4 Å². The normalized spacial score (nSPS) is 15.5. The van der Waals surface area contributed by atoms with Crippen molar-refractivity contribution in [2.75, 3.05) is 60.2 Å². The van der Waals surface area contributed by atoms with Crippen LogP contribution in [0.1, 0.15) is 26.2 Å². The van der Waals surface area contributed by atoms with E-state index in [1.807, 2.05) is 6.92 Å². The number of likely N-dealkylation sites (N-methyl/N-ethyl adjacent to an activating group) is 1. The molecule has 0 aromatic rings. The quantitative estimate of drug-likeness (QED) is 0.235. The van der Waals surface area contributed by atoms with Crippen molar-refractivity contribution in [3.63, 3.8) is 0 Å². The van der Waals surface area contributed by atoms with Crippen LogP contribution in [-0.4, -0.2) is 76.9 Å². The van der Waals surface area contributed by atoms with Crippen molar-refractivity contribution in [2.24, 2.45) is 10.9 Å². The molecule has 1 saturated heterocycles. The predicted molar refractivity (Wildman–Crippen MR) is 107 cm³/mol. The highest BCUT2D eigenvalue weighted by Gasteiger charge is 2.13. The highest BCUT2D eigenvalue weighted by Crippen LogP contribution is 2.14. The van der Waals surface area contributed by atoms with Crippen LogP contribution in [0.2, 0.25) is 0 Å². The van der Waals surface area contributed by atoms with E-state index in [9.17, 15) is 4.79 Å². The number of guanidine groups is 1. The lowest BCUT2D eigenvalue weighted by Crippen LogP contribution is -2.39. The predicted octanol–water partition coefficient (Wildman–Crippen LogP) is 1.08. The fraction of sp³-hybridized carbons (Fsp3) is 0.875. The molecule has 1 amide bonds. The highest BCUT2D eigenvalue weighted by atomic mass is 127. The second kappa shape index (κ2) is 14.7. The van der Waals surface area contributed by atoms with Crippen LogP contribution in [0, 0.1) is 5.92 Å². The molecule has 0 saturated carbocycles. The number of rotatable bonds is 9. The summed E-state index contributed by atoms with van der Waals surface area (Å²) in [5.41, 5.74) is 0. The van der Waals surface area contributed by atoms with Crippen LogP contribution in [-0.2, 0) is 14.3 Å². The largest absolute Gasteiger partial charge is 0.381 e. The summed E-state index contributed by atoms with van der Waals surface area (Å²) in [5.74, 6) is 1.31. The minimum absolute atomic E-state index is 0. The first kappa shape index (κ1) is 23.4. The van der Waals surface area contributed by atoms with Crippen LogP contribution in [0.15, 0.2) is 4.99 Å². The summed E-state index contributed by atoms with van der Waals surface area (Å²) in [5, 5.41) is 6.35. The molecule has 2 N–H and O–H groups in total. The number of hydrogen-bond donors (Lipinski definition) is 2. The van der Waals surface area contributed by atoms with Gasteiger partial charge in [-0.05, 0) is 32.1 Å². The molecule has 1 rings (SSSR count). The van der Waals surface area contributed by atoms with Gasteiger partial charge in [-0.25, -0.2) is 4.99 Å². The van der Waals surface area contributed by atoms with Crippen molar-refractivity contribution in [1.82, 2.24) is 15.5 Å². The Hall–Kier alpha value is -0.610. The number of carbonyl (C=O) groups is 1. The van der Waals surface area contributed by atoms with E-state index in [1.165, 1.54) is 4.90 Å². The number of aliphatic imine (C=N–C) groups is 1. The van der Waals surface area contributed by atoms with Crippen LogP contribution in [0.4, 0.5) is 0 Å². The van der Waals surface area contributed by atoms with E-state index in [4.69, 9.17) is 9.47 Å². The SMILES string of the molecule is CCNC(=NCC(=O)N(C)C)NCCCOCC1CCOCC1.I. The molecule has 8 heteroatoms. The van der Waals surface area contributed by atoms with Crippen molar-refractivity contribution >= 4 is 35.8 Å². The van der Waals surface area contributed by atoms with Gasteiger partial charge >= 0.3 is 0 Å². The molecule has 0 aromatic carbocycles. The van der Waals surface area contributed by atoms with E-state index in [0.29, 0.717) is 11.9 Å². The molecule has 1 aliphatic heterocycles. The first-order valence-corrected chi connectivity index (χ1v) is 8.51. The zero-order valence-electron chi connectivity index (χ0n) is 15.2. The number of halogens is 1. The van der Waals surface area contributed by atoms with Gasteiger partial charge in [0.05, 0.1) is 0 Å². The third kappa shape index (κ3) is 11.0. The second-order valence-electron chi connectivity index (χ2n) is 5.89. The number of ether oxygens (including phenoxy) is 2. The second-order valence-corrected chi connectivity index (χ2v) is 5.89. The van der Waals surface area contributed by atoms with Crippen molar-refractivity contribution in [3.05, 3.63) is 0 Å². The van der Waals surface area contributed by atoms with Gasteiger partial charge in [0.15, 0.2) is 5.96 Å². The average molecular weight is 456 g/mol. The molecule has 1 heterocycles. The lowest BCUT2D eigenvalue weighted by molar-refractivity contribution is -0.127. The van der Waals surface area contributed by atoms with E-state index in [2.05, 4.69) is 15.6 Å².